The lowest BCUT2D eigenvalue weighted by atomic mass is 9.87. The number of hydrogen-bond donors (Lipinski definition) is 1. The molecule has 0 radical (unpaired) electrons. The Morgan fingerprint density at radius 2 is 2.09 bits per heavy atom. The van der Waals surface area contributed by atoms with E-state index in [-0.39, 0.29) is 12.0 Å². The Morgan fingerprint density at radius 1 is 1.25 bits per heavy atom. The molecule has 170 valence electrons. The van der Waals surface area contributed by atoms with Gasteiger partial charge in [0, 0.05) is 13.5 Å². The Bertz CT molecular complexity index is 1090. The zero-order valence-corrected chi connectivity index (χ0v) is 18.6. The quantitative estimate of drug-likeness (QED) is 0.559. The van der Waals surface area contributed by atoms with Crippen LogP contribution < -0.4 is 4.74 Å². The fraction of sp³-hybridized carbons (Fsp3) is 0.571. The Morgan fingerprint density at radius 3 is 2.84 bits per heavy atom. The molecule has 1 aliphatic carbocycles. The smallest absolute Gasteiger partial charge is 0.306 e. The van der Waals surface area contributed by atoms with E-state index in [1.54, 1.807) is 9.36 Å². The van der Waals surface area contributed by atoms with Crippen LogP contribution in [0.3, 0.4) is 0 Å². The number of carbonyl (C=O) groups is 1. The number of nitrogens with zero attached hydrogens (tertiary/aromatic N) is 8. The van der Waals surface area contributed by atoms with E-state index in [0.717, 1.165) is 42.9 Å². The number of carboxylic acid groups (broad SMARTS) is 1. The molecule has 0 saturated heterocycles. The number of hydrogen-bond acceptors (Lipinski definition) is 8. The molecule has 0 amide bonds. The summed E-state index contributed by atoms with van der Waals surface area (Å²) in [5, 5.41) is 29.8. The SMILES string of the molecule is CCCc1nnnn1Cc1c(-c2ccc(O[C@H]3CCC[C@H](C(=O)O)C3)c(C)n2)nnn1C. The van der Waals surface area contributed by atoms with Crippen LogP contribution in [0.25, 0.3) is 11.4 Å². The maximum atomic E-state index is 11.3. The van der Waals surface area contributed by atoms with E-state index in [4.69, 9.17) is 9.72 Å². The number of rotatable bonds is 8. The molecule has 32 heavy (non-hydrogen) atoms. The van der Waals surface area contributed by atoms with Gasteiger partial charge in [-0.2, -0.15) is 0 Å². The largest absolute Gasteiger partial charge is 0.489 e. The van der Waals surface area contributed by atoms with Crippen molar-refractivity contribution >= 4 is 5.97 Å². The molecule has 4 rings (SSSR count). The molecule has 3 aromatic heterocycles. The Kier molecular flexibility index (Phi) is 6.42. The van der Waals surface area contributed by atoms with Crippen molar-refractivity contribution in [3.05, 3.63) is 29.3 Å². The maximum absolute atomic E-state index is 11.3. The highest BCUT2D eigenvalue weighted by molar-refractivity contribution is 5.70. The molecule has 1 aliphatic rings. The number of aliphatic carboxylic acids is 1. The molecule has 2 atom stereocenters. The van der Waals surface area contributed by atoms with E-state index in [9.17, 15) is 9.90 Å². The number of pyridine rings is 1. The molecule has 1 saturated carbocycles. The molecule has 0 unspecified atom stereocenters. The van der Waals surface area contributed by atoms with Crippen LogP contribution in [0, 0.1) is 12.8 Å². The third-order valence-electron chi connectivity index (χ3n) is 5.87. The first-order chi connectivity index (χ1) is 15.5. The highest BCUT2D eigenvalue weighted by Crippen LogP contribution is 2.30. The van der Waals surface area contributed by atoms with Crippen molar-refractivity contribution < 1.29 is 14.6 Å². The average molecular weight is 441 g/mol. The third kappa shape index (κ3) is 4.61. The predicted molar refractivity (Wildman–Crippen MR) is 114 cm³/mol. The summed E-state index contributed by atoms with van der Waals surface area (Å²) in [6, 6.07) is 3.74. The minimum Gasteiger partial charge on any atom is -0.489 e. The van der Waals surface area contributed by atoms with E-state index in [0.29, 0.717) is 36.5 Å². The maximum Gasteiger partial charge on any atom is 0.306 e. The van der Waals surface area contributed by atoms with E-state index in [2.05, 4.69) is 32.8 Å². The number of ether oxygens (including phenoxy) is 1. The summed E-state index contributed by atoms with van der Waals surface area (Å²) in [6.45, 7) is 4.41. The van der Waals surface area contributed by atoms with Gasteiger partial charge in [0.2, 0.25) is 0 Å². The van der Waals surface area contributed by atoms with Gasteiger partial charge in [-0.3, -0.25) is 4.79 Å². The van der Waals surface area contributed by atoms with Crippen LogP contribution in [0.15, 0.2) is 12.1 Å². The van der Waals surface area contributed by atoms with Crippen molar-refractivity contribution in [3.8, 4) is 17.1 Å². The van der Waals surface area contributed by atoms with Gasteiger partial charge in [-0.05, 0) is 61.6 Å². The number of tetrazole rings is 1. The molecule has 0 aliphatic heterocycles. The first-order valence-corrected chi connectivity index (χ1v) is 11.0. The minimum absolute atomic E-state index is 0.111. The van der Waals surface area contributed by atoms with Crippen LogP contribution in [-0.2, 0) is 24.8 Å². The van der Waals surface area contributed by atoms with Crippen LogP contribution in [0.4, 0.5) is 0 Å². The van der Waals surface area contributed by atoms with E-state index >= 15 is 0 Å². The van der Waals surface area contributed by atoms with Gasteiger partial charge in [-0.1, -0.05) is 12.1 Å². The van der Waals surface area contributed by atoms with Crippen molar-refractivity contribution in [2.45, 2.75) is 65.0 Å². The second-order valence-corrected chi connectivity index (χ2v) is 8.23. The lowest BCUT2D eigenvalue weighted by Crippen LogP contribution is -2.29. The molecule has 3 heterocycles. The van der Waals surface area contributed by atoms with Crippen molar-refractivity contribution in [3.63, 3.8) is 0 Å². The summed E-state index contributed by atoms with van der Waals surface area (Å²) in [4.78, 5) is 16.0. The second-order valence-electron chi connectivity index (χ2n) is 8.23. The van der Waals surface area contributed by atoms with Crippen LogP contribution in [0.2, 0.25) is 0 Å². The lowest BCUT2D eigenvalue weighted by Gasteiger charge is -2.27. The predicted octanol–water partition coefficient (Wildman–Crippen LogP) is 2.20. The molecule has 1 N–H and O–H groups in total. The molecular formula is C21H28N8O3. The normalized spacial score (nSPS) is 18.6. The first kappa shape index (κ1) is 21.8. The zero-order chi connectivity index (χ0) is 22.7. The van der Waals surface area contributed by atoms with E-state index < -0.39 is 5.97 Å². The minimum atomic E-state index is -0.747. The summed E-state index contributed by atoms with van der Waals surface area (Å²) < 4.78 is 9.60. The zero-order valence-electron chi connectivity index (χ0n) is 18.6. The number of aryl methyl sites for hydroxylation is 3. The van der Waals surface area contributed by atoms with Crippen molar-refractivity contribution in [1.29, 1.82) is 0 Å². The summed E-state index contributed by atoms with van der Waals surface area (Å²) >= 11 is 0. The van der Waals surface area contributed by atoms with Gasteiger partial charge in [0.05, 0.1) is 35.6 Å². The average Bonchev–Trinajstić information content (AvgIpc) is 3.37. The highest BCUT2D eigenvalue weighted by atomic mass is 16.5. The van der Waals surface area contributed by atoms with Crippen molar-refractivity contribution in [1.82, 2.24) is 40.2 Å². The number of aromatic nitrogens is 8. The number of carboxylic acids is 1. The van der Waals surface area contributed by atoms with Gasteiger partial charge in [-0.15, -0.1) is 10.2 Å². The van der Waals surface area contributed by atoms with Gasteiger partial charge in [0.25, 0.3) is 0 Å². The van der Waals surface area contributed by atoms with Crippen molar-refractivity contribution in [2.75, 3.05) is 0 Å². The second kappa shape index (κ2) is 9.41. The van der Waals surface area contributed by atoms with Crippen LogP contribution in [-0.4, -0.2) is 57.4 Å². The van der Waals surface area contributed by atoms with Crippen molar-refractivity contribution in [2.24, 2.45) is 13.0 Å². The Balaban J connectivity index is 1.53. The Labute approximate surface area is 185 Å². The topological polar surface area (TPSA) is 134 Å². The summed E-state index contributed by atoms with van der Waals surface area (Å²) in [6.07, 6.45) is 4.57. The molecular weight excluding hydrogens is 412 g/mol. The van der Waals surface area contributed by atoms with E-state index in [1.807, 2.05) is 26.1 Å². The fourth-order valence-corrected chi connectivity index (χ4v) is 4.10. The Hall–Kier alpha value is -3.37. The standard InChI is InChI=1S/C21H28N8O3/c1-4-6-19-23-25-27-29(19)12-17-20(24-26-28(17)3)16-9-10-18(13(2)22-16)32-15-8-5-7-14(11-15)21(30)31/h9-10,14-15H,4-8,11-12H2,1-3H3,(H,30,31)/t14-,15-/m0/s1. The highest BCUT2D eigenvalue weighted by Gasteiger charge is 2.28. The van der Waals surface area contributed by atoms with Crippen LogP contribution >= 0.6 is 0 Å². The summed E-state index contributed by atoms with van der Waals surface area (Å²) in [5.74, 6) is 0.399. The summed E-state index contributed by atoms with van der Waals surface area (Å²) in [5.41, 5.74) is 2.94. The molecule has 11 heteroatoms. The molecule has 0 bridgehead atoms. The molecule has 1 fully saturated rings. The lowest BCUT2D eigenvalue weighted by molar-refractivity contribution is -0.143. The monoisotopic (exact) mass is 440 g/mol. The molecule has 0 aromatic carbocycles. The summed E-state index contributed by atoms with van der Waals surface area (Å²) in [7, 11) is 1.84. The third-order valence-corrected chi connectivity index (χ3v) is 5.87. The molecule has 11 nitrogen and oxygen atoms in total. The van der Waals surface area contributed by atoms with E-state index in [1.165, 1.54) is 0 Å². The van der Waals surface area contributed by atoms with Crippen LogP contribution in [0.5, 0.6) is 5.75 Å². The fourth-order valence-electron chi connectivity index (χ4n) is 4.10. The van der Waals surface area contributed by atoms with Gasteiger partial charge in [-0.25, -0.2) is 14.3 Å². The first-order valence-electron chi connectivity index (χ1n) is 11.0. The molecule has 0 spiro atoms. The van der Waals surface area contributed by atoms with Crippen LogP contribution in [0.1, 0.15) is 56.2 Å². The van der Waals surface area contributed by atoms with Gasteiger partial charge in [0.1, 0.15) is 11.4 Å². The van der Waals surface area contributed by atoms with Gasteiger partial charge >= 0.3 is 5.97 Å². The van der Waals surface area contributed by atoms with Gasteiger partial charge in [0.15, 0.2) is 5.82 Å². The van der Waals surface area contributed by atoms with Gasteiger partial charge < -0.3 is 9.84 Å². The molecule has 3 aromatic rings.